The summed E-state index contributed by atoms with van der Waals surface area (Å²) in [6.07, 6.45) is 6.78. The summed E-state index contributed by atoms with van der Waals surface area (Å²) in [4.78, 5) is 9.48. The average Bonchev–Trinajstić information content (AvgIpc) is 3.19. The lowest BCUT2D eigenvalue weighted by atomic mass is 10.2. The second-order valence-electron chi connectivity index (χ2n) is 4.93. The number of nitrogens with zero attached hydrogens (tertiary/aromatic N) is 2. The van der Waals surface area contributed by atoms with Gasteiger partial charge in [0, 0.05) is 23.5 Å². The standard InChI is InChI=1S/C13H15N3O2S2/c1-9-7-15-13(19-9)12(10-4-5-10)16-20(17,18)11-3-2-6-14-8-11/h2-3,6-8,10,12,16H,4-5H2,1H3/t12-/m0/s1. The molecule has 0 saturated heterocycles. The second kappa shape index (κ2) is 5.23. The van der Waals surface area contributed by atoms with Crippen molar-refractivity contribution in [3.63, 3.8) is 0 Å². The molecule has 0 spiro atoms. The molecule has 1 aliphatic carbocycles. The van der Waals surface area contributed by atoms with Gasteiger partial charge in [0.1, 0.15) is 9.90 Å². The third-order valence-corrected chi connectivity index (χ3v) is 5.65. The van der Waals surface area contributed by atoms with E-state index in [9.17, 15) is 8.42 Å². The lowest BCUT2D eigenvalue weighted by Crippen LogP contribution is -2.30. The molecule has 0 radical (unpaired) electrons. The first-order valence-electron chi connectivity index (χ1n) is 6.41. The highest BCUT2D eigenvalue weighted by Gasteiger charge is 2.37. The van der Waals surface area contributed by atoms with Crippen LogP contribution in [-0.4, -0.2) is 18.4 Å². The van der Waals surface area contributed by atoms with Gasteiger partial charge in [-0.2, -0.15) is 0 Å². The van der Waals surface area contributed by atoms with Gasteiger partial charge in [-0.3, -0.25) is 4.98 Å². The van der Waals surface area contributed by atoms with Gasteiger partial charge < -0.3 is 0 Å². The summed E-state index contributed by atoms with van der Waals surface area (Å²) in [5, 5.41) is 0.845. The Balaban J connectivity index is 1.87. The summed E-state index contributed by atoms with van der Waals surface area (Å²) < 4.78 is 27.5. The molecule has 3 rings (SSSR count). The number of hydrogen-bond acceptors (Lipinski definition) is 5. The van der Waals surface area contributed by atoms with Crippen molar-refractivity contribution in [3.05, 3.63) is 40.6 Å². The molecule has 1 atom stereocenters. The predicted octanol–water partition coefficient (Wildman–Crippen LogP) is 2.28. The Morgan fingerprint density at radius 1 is 1.40 bits per heavy atom. The number of nitrogens with one attached hydrogen (secondary N) is 1. The van der Waals surface area contributed by atoms with E-state index in [0.29, 0.717) is 5.92 Å². The molecule has 0 bridgehead atoms. The van der Waals surface area contributed by atoms with Gasteiger partial charge in [-0.15, -0.1) is 11.3 Å². The molecule has 5 nitrogen and oxygen atoms in total. The van der Waals surface area contributed by atoms with Crippen LogP contribution in [0.1, 0.15) is 28.8 Å². The molecule has 0 unspecified atom stereocenters. The van der Waals surface area contributed by atoms with Gasteiger partial charge in [-0.05, 0) is 37.8 Å². The van der Waals surface area contributed by atoms with Crippen LogP contribution in [0.4, 0.5) is 0 Å². The molecule has 1 N–H and O–H groups in total. The van der Waals surface area contributed by atoms with Gasteiger partial charge in [0.15, 0.2) is 0 Å². The molecule has 2 aromatic heterocycles. The molecular formula is C13H15N3O2S2. The highest BCUT2D eigenvalue weighted by molar-refractivity contribution is 7.89. The Bertz CT molecular complexity index is 693. The first-order chi connectivity index (χ1) is 9.56. The van der Waals surface area contributed by atoms with Crippen LogP contribution in [0.25, 0.3) is 0 Å². The van der Waals surface area contributed by atoms with Crippen LogP contribution in [-0.2, 0) is 10.0 Å². The average molecular weight is 309 g/mol. The first kappa shape index (κ1) is 13.7. The monoisotopic (exact) mass is 309 g/mol. The summed E-state index contributed by atoms with van der Waals surface area (Å²) in [7, 11) is -3.55. The molecule has 2 aromatic rings. The number of hydrogen-bond donors (Lipinski definition) is 1. The van der Waals surface area contributed by atoms with Crippen LogP contribution in [0.15, 0.2) is 35.6 Å². The van der Waals surface area contributed by atoms with E-state index < -0.39 is 10.0 Å². The third kappa shape index (κ3) is 2.89. The van der Waals surface area contributed by atoms with Crippen molar-refractivity contribution in [2.24, 2.45) is 5.92 Å². The minimum atomic E-state index is -3.55. The summed E-state index contributed by atoms with van der Waals surface area (Å²) in [6, 6.07) is 2.94. The number of pyridine rings is 1. The number of thiazole rings is 1. The molecule has 0 aliphatic heterocycles. The minimum Gasteiger partial charge on any atom is -0.263 e. The molecule has 1 aliphatic rings. The van der Waals surface area contributed by atoms with Crippen LogP contribution >= 0.6 is 11.3 Å². The maximum atomic E-state index is 12.4. The van der Waals surface area contributed by atoms with E-state index in [-0.39, 0.29) is 10.9 Å². The maximum Gasteiger partial charge on any atom is 0.242 e. The maximum absolute atomic E-state index is 12.4. The van der Waals surface area contributed by atoms with Crippen molar-refractivity contribution in [2.45, 2.75) is 30.7 Å². The molecule has 106 valence electrons. The van der Waals surface area contributed by atoms with Gasteiger partial charge in [0.25, 0.3) is 0 Å². The van der Waals surface area contributed by atoms with E-state index >= 15 is 0 Å². The summed E-state index contributed by atoms with van der Waals surface area (Å²) in [6.45, 7) is 1.97. The number of rotatable bonds is 5. The molecule has 7 heteroatoms. The van der Waals surface area contributed by atoms with Gasteiger partial charge in [-0.1, -0.05) is 0 Å². The molecule has 0 amide bonds. The normalized spacial score (nSPS) is 17.1. The highest BCUT2D eigenvalue weighted by Crippen LogP contribution is 2.42. The SMILES string of the molecule is Cc1cnc([C@@H](NS(=O)(=O)c2cccnc2)C2CC2)s1. The van der Waals surface area contributed by atoms with Gasteiger partial charge in [-0.25, -0.2) is 18.1 Å². The minimum absolute atomic E-state index is 0.193. The lowest BCUT2D eigenvalue weighted by Gasteiger charge is -2.15. The van der Waals surface area contributed by atoms with Crippen molar-refractivity contribution in [1.82, 2.24) is 14.7 Å². The first-order valence-corrected chi connectivity index (χ1v) is 8.71. The molecular weight excluding hydrogens is 294 g/mol. The van der Waals surface area contributed by atoms with E-state index in [1.165, 1.54) is 6.20 Å². The van der Waals surface area contributed by atoms with E-state index in [0.717, 1.165) is 22.7 Å². The fourth-order valence-electron chi connectivity index (χ4n) is 2.04. The van der Waals surface area contributed by atoms with E-state index in [1.807, 2.05) is 6.92 Å². The zero-order valence-corrected chi connectivity index (χ0v) is 12.6. The van der Waals surface area contributed by atoms with Gasteiger partial charge in [0.2, 0.25) is 10.0 Å². The van der Waals surface area contributed by atoms with E-state index in [1.54, 1.807) is 35.9 Å². The van der Waals surface area contributed by atoms with Crippen LogP contribution in [0.5, 0.6) is 0 Å². The Hall–Kier alpha value is -1.31. The Kier molecular flexibility index (Phi) is 3.57. The third-order valence-electron chi connectivity index (χ3n) is 3.23. The van der Waals surface area contributed by atoms with Crippen molar-refractivity contribution in [2.75, 3.05) is 0 Å². The number of aromatic nitrogens is 2. The number of sulfonamides is 1. The van der Waals surface area contributed by atoms with Crippen molar-refractivity contribution in [3.8, 4) is 0 Å². The van der Waals surface area contributed by atoms with Crippen molar-refractivity contribution < 1.29 is 8.42 Å². The molecule has 1 saturated carbocycles. The summed E-state index contributed by atoms with van der Waals surface area (Å²) in [5.41, 5.74) is 0. The predicted molar refractivity (Wildman–Crippen MR) is 76.9 cm³/mol. The second-order valence-corrected chi connectivity index (χ2v) is 7.91. The summed E-state index contributed by atoms with van der Waals surface area (Å²) >= 11 is 1.55. The zero-order valence-electron chi connectivity index (χ0n) is 11.0. The lowest BCUT2D eigenvalue weighted by molar-refractivity contribution is 0.527. The van der Waals surface area contributed by atoms with Gasteiger partial charge in [0.05, 0.1) is 6.04 Å². The van der Waals surface area contributed by atoms with Crippen LogP contribution in [0.2, 0.25) is 0 Å². The topological polar surface area (TPSA) is 72.0 Å². The van der Waals surface area contributed by atoms with Gasteiger partial charge >= 0.3 is 0 Å². The molecule has 2 heterocycles. The van der Waals surface area contributed by atoms with Crippen LogP contribution < -0.4 is 4.72 Å². The van der Waals surface area contributed by atoms with Crippen LogP contribution in [0.3, 0.4) is 0 Å². The molecule has 1 fully saturated rings. The zero-order chi connectivity index (χ0) is 14.2. The highest BCUT2D eigenvalue weighted by atomic mass is 32.2. The smallest absolute Gasteiger partial charge is 0.242 e. The Labute approximate surface area is 122 Å². The molecule has 20 heavy (non-hydrogen) atoms. The van der Waals surface area contributed by atoms with E-state index in [2.05, 4.69) is 14.7 Å². The molecule has 0 aromatic carbocycles. The van der Waals surface area contributed by atoms with E-state index in [4.69, 9.17) is 0 Å². The van der Waals surface area contributed by atoms with Crippen molar-refractivity contribution in [1.29, 1.82) is 0 Å². The fourth-order valence-corrected chi connectivity index (χ4v) is 4.26. The Morgan fingerprint density at radius 3 is 2.75 bits per heavy atom. The number of aryl methyl sites for hydroxylation is 1. The Morgan fingerprint density at radius 2 is 2.20 bits per heavy atom. The quantitative estimate of drug-likeness (QED) is 0.919. The summed E-state index contributed by atoms with van der Waals surface area (Å²) in [5.74, 6) is 0.354. The fraction of sp³-hybridized carbons (Fsp3) is 0.385. The van der Waals surface area contributed by atoms with Crippen molar-refractivity contribution >= 4 is 21.4 Å². The van der Waals surface area contributed by atoms with Crippen LogP contribution in [0, 0.1) is 12.8 Å². The largest absolute Gasteiger partial charge is 0.263 e.